The van der Waals surface area contributed by atoms with Crippen LogP contribution in [0.5, 0.6) is 17.2 Å². The van der Waals surface area contributed by atoms with Crippen LogP contribution in [0.3, 0.4) is 0 Å². The molecule has 6 heteroatoms. The third-order valence-corrected chi connectivity index (χ3v) is 3.70. The van der Waals surface area contributed by atoms with Crippen molar-refractivity contribution in [2.45, 2.75) is 13.0 Å². The molecule has 1 atom stereocenters. The summed E-state index contributed by atoms with van der Waals surface area (Å²) >= 11 is 0. The smallest absolute Gasteiger partial charge is 0.231 e. The molecule has 0 aromatic heterocycles. The highest BCUT2D eigenvalue weighted by molar-refractivity contribution is 6.14. The van der Waals surface area contributed by atoms with Crippen LogP contribution >= 0.6 is 0 Å². The molecular formula is C19H15O6-. The second-order valence-electron chi connectivity index (χ2n) is 5.45. The molecule has 2 aromatic rings. The lowest BCUT2D eigenvalue weighted by Crippen LogP contribution is -2.37. The van der Waals surface area contributed by atoms with Crippen molar-refractivity contribution in [2.75, 3.05) is 7.11 Å². The number of ether oxygens (including phenoxy) is 3. The second kappa shape index (κ2) is 6.68. The summed E-state index contributed by atoms with van der Waals surface area (Å²) in [5, 5.41) is 10.8. The van der Waals surface area contributed by atoms with Crippen molar-refractivity contribution in [3.63, 3.8) is 0 Å². The molecule has 0 radical (unpaired) electrons. The Morgan fingerprint density at radius 1 is 1.16 bits per heavy atom. The summed E-state index contributed by atoms with van der Waals surface area (Å²) in [6.45, 7) is 1.36. The molecule has 0 N–H and O–H groups in total. The van der Waals surface area contributed by atoms with Gasteiger partial charge in [-0.3, -0.25) is 4.79 Å². The van der Waals surface area contributed by atoms with E-state index < -0.39 is 12.1 Å². The number of carbonyl (C=O) groups excluding carboxylic acids is 2. The number of methoxy groups -OCH3 is 1. The Labute approximate surface area is 144 Å². The van der Waals surface area contributed by atoms with E-state index in [4.69, 9.17) is 14.2 Å². The highest BCUT2D eigenvalue weighted by Gasteiger charge is 2.27. The van der Waals surface area contributed by atoms with Crippen LogP contribution in [0.15, 0.2) is 48.2 Å². The van der Waals surface area contributed by atoms with E-state index in [0.717, 1.165) is 5.56 Å². The zero-order chi connectivity index (χ0) is 18.0. The summed E-state index contributed by atoms with van der Waals surface area (Å²) in [6.07, 6.45) is 0.524. The van der Waals surface area contributed by atoms with Gasteiger partial charge in [-0.05, 0) is 42.8 Å². The minimum absolute atomic E-state index is 0.185. The van der Waals surface area contributed by atoms with Crippen molar-refractivity contribution in [2.24, 2.45) is 0 Å². The van der Waals surface area contributed by atoms with Crippen LogP contribution in [0.2, 0.25) is 0 Å². The van der Waals surface area contributed by atoms with E-state index in [1.165, 1.54) is 19.1 Å². The maximum Gasteiger partial charge on any atom is 0.231 e. The number of benzene rings is 2. The molecule has 0 spiro atoms. The zero-order valence-corrected chi connectivity index (χ0v) is 13.6. The number of carbonyl (C=O) groups is 2. The number of hydrogen-bond acceptors (Lipinski definition) is 6. The van der Waals surface area contributed by atoms with Gasteiger partial charge in [-0.1, -0.05) is 12.1 Å². The molecule has 0 amide bonds. The lowest BCUT2D eigenvalue weighted by molar-refractivity contribution is -0.312. The molecule has 0 saturated carbocycles. The van der Waals surface area contributed by atoms with Crippen LogP contribution in [0.1, 0.15) is 22.8 Å². The number of hydrogen-bond donors (Lipinski definition) is 0. The van der Waals surface area contributed by atoms with Gasteiger partial charge in [0, 0.05) is 6.07 Å². The number of allylic oxidation sites excluding steroid dienone is 1. The third kappa shape index (κ3) is 3.47. The van der Waals surface area contributed by atoms with Gasteiger partial charge < -0.3 is 24.1 Å². The molecular weight excluding hydrogens is 324 g/mol. The SMILES string of the molecule is COc1ccc(/C=C2\Oc3cc(O[C@H](C)C(=O)[O-])ccc3C2=O)cc1. The standard InChI is InChI=1S/C19H16O6/c1-11(19(21)22)24-14-7-8-15-16(10-14)25-17(18(15)20)9-12-3-5-13(23-2)6-4-12/h3-11H,1-2H3,(H,21,22)/p-1/b17-9-/t11-/m1/s1. The monoisotopic (exact) mass is 339 g/mol. The van der Waals surface area contributed by atoms with Gasteiger partial charge in [0.1, 0.15) is 23.4 Å². The fourth-order valence-corrected chi connectivity index (χ4v) is 2.34. The normalized spacial score (nSPS) is 15.4. The minimum atomic E-state index is -1.32. The Morgan fingerprint density at radius 3 is 2.48 bits per heavy atom. The van der Waals surface area contributed by atoms with Crippen molar-refractivity contribution in [1.29, 1.82) is 0 Å². The summed E-state index contributed by atoms with van der Waals surface area (Å²) in [6, 6.07) is 11.7. The van der Waals surface area contributed by atoms with E-state index in [-0.39, 0.29) is 17.3 Å². The average Bonchev–Trinajstić information content (AvgIpc) is 2.91. The molecule has 1 aliphatic rings. The summed E-state index contributed by atoms with van der Waals surface area (Å²) in [4.78, 5) is 23.2. The first-order valence-corrected chi connectivity index (χ1v) is 7.58. The largest absolute Gasteiger partial charge is 0.546 e. The van der Waals surface area contributed by atoms with E-state index in [1.54, 1.807) is 31.4 Å². The molecule has 2 aromatic carbocycles. The molecule has 1 heterocycles. The molecule has 3 rings (SSSR count). The van der Waals surface area contributed by atoms with Crippen molar-refractivity contribution in [3.8, 4) is 17.2 Å². The van der Waals surface area contributed by atoms with Gasteiger partial charge in [-0.25, -0.2) is 0 Å². The maximum absolute atomic E-state index is 12.4. The molecule has 1 aliphatic heterocycles. The summed E-state index contributed by atoms with van der Waals surface area (Å²) in [7, 11) is 1.58. The number of carboxylic acids is 1. The summed E-state index contributed by atoms with van der Waals surface area (Å²) < 4.78 is 15.9. The number of carboxylic acid groups (broad SMARTS) is 1. The van der Waals surface area contributed by atoms with Crippen LogP contribution in [0.25, 0.3) is 6.08 Å². The topological polar surface area (TPSA) is 84.9 Å². The third-order valence-electron chi connectivity index (χ3n) is 3.70. The highest BCUT2D eigenvalue weighted by atomic mass is 16.5. The molecule has 6 nitrogen and oxygen atoms in total. The number of Topliss-reactive ketones (excluding diaryl/α,β-unsaturated/α-hetero) is 1. The van der Waals surface area contributed by atoms with Gasteiger partial charge in [0.05, 0.1) is 18.6 Å². The van der Waals surface area contributed by atoms with Crippen molar-refractivity contribution < 1.29 is 28.9 Å². The number of fused-ring (bicyclic) bond motifs is 1. The van der Waals surface area contributed by atoms with E-state index in [1.807, 2.05) is 12.1 Å². The van der Waals surface area contributed by atoms with E-state index in [9.17, 15) is 14.7 Å². The van der Waals surface area contributed by atoms with E-state index in [0.29, 0.717) is 17.1 Å². The van der Waals surface area contributed by atoms with Gasteiger partial charge >= 0.3 is 0 Å². The van der Waals surface area contributed by atoms with Crippen molar-refractivity contribution in [1.82, 2.24) is 0 Å². The number of rotatable bonds is 5. The lowest BCUT2D eigenvalue weighted by Gasteiger charge is -2.15. The fourth-order valence-electron chi connectivity index (χ4n) is 2.34. The molecule has 0 aliphatic carbocycles. The Bertz CT molecular complexity index is 851. The first-order valence-electron chi connectivity index (χ1n) is 7.58. The Balaban J connectivity index is 1.82. The quantitative estimate of drug-likeness (QED) is 0.773. The lowest BCUT2D eigenvalue weighted by atomic mass is 10.1. The molecule has 25 heavy (non-hydrogen) atoms. The van der Waals surface area contributed by atoms with E-state index >= 15 is 0 Å². The minimum Gasteiger partial charge on any atom is -0.546 e. The predicted octanol–water partition coefficient (Wildman–Crippen LogP) is 1.83. The highest BCUT2D eigenvalue weighted by Crippen LogP contribution is 2.35. The van der Waals surface area contributed by atoms with Gasteiger partial charge in [0.2, 0.25) is 5.78 Å². The van der Waals surface area contributed by atoms with Gasteiger partial charge in [0.25, 0.3) is 0 Å². The van der Waals surface area contributed by atoms with Crippen molar-refractivity contribution >= 4 is 17.8 Å². The molecule has 0 fully saturated rings. The second-order valence-corrected chi connectivity index (χ2v) is 5.45. The molecule has 128 valence electrons. The maximum atomic E-state index is 12.4. The first kappa shape index (κ1) is 16.6. The van der Waals surface area contributed by atoms with Crippen LogP contribution in [0.4, 0.5) is 0 Å². The zero-order valence-electron chi connectivity index (χ0n) is 13.6. The average molecular weight is 339 g/mol. The van der Waals surface area contributed by atoms with Gasteiger partial charge in [-0.15, -0.1) is 0 Å². The summed E-state index contributed by atoms with van der Waals surface area (Å²) in [5.41, 5.74) is 1.19. The fraction of sp³-hybridized carbons (Fsp3) is 0.158. The Hall–Kier alpha value is -3.28. The molecule has 0 unspecified atom stereocenters. The predicted molar refractivity (Wildman–Crippen MR) is 87.5 cm³/mol. The molecule has 0 saturated heterocycles. The van der Waals surface area contributed by atoms with Crippen LogP contribution in [-0.2, 0) is 4.79 Å². The van der Waals surface area contributed by atoms with Gasteiger partial charge in [-0.2, -0.15) is 0 Å². The molecule has 0 bridgehead atoms. The Morgan fingerprint density at radius 2 is 1.84 bits per heavy atom. The first-order chi connectivity index (χ1) is 12.0. The summed E-state index contributed by atoms with van der Waals surface area (Å²) in [5.74, 6) is -0.0529. The van der Waals surface area contributed by atoms with Crippen LogP contribution < -0.4 is 19.3 Å². The van der Waals surface area contributed by atoms with E-state index in [2.05, 4.69) is 0 Å². The van der Waals surface area contributed by atoms with Crippen LogP contribution in [-0.4, -0.2) is 25.0 Å². The van der Waals surface area contributed by atoms with Crippen LogP contribution in [0, 0.1) is 0 Å². The van der Waals surface area contributed by atoms with Crippen molar-refractivity contribution in [3.05, 3.63) is 59.4 Å². The Kier molecular flexibility index (Phi) is 4.43. The number of aliphatic carboxylic acids is 1. The van der Waals surface area contributed by atoms with Gasteiger partial charge in [0.15, 0.2) is 5.76 Å². The number of ketones is 1.